The molecule has 0 aromatic heterocycles. The Morgan fingerprint density at radius 2 is 2.00 bits per heavy atom. The number of para-hydroxylation sites is 1. The van der Waals surface area contributed by atoms with Gasteiger partial charge >= 0.3 is 0 Å². The highest BCUT2D eigenvalue weighted by molar-refractivity contribution is 6.33. The minimum Gasteiger partial charge on any atom is -0.312 e. The van der Waals surface area contributed by atoms with E-state index in [1.54, 1.807) is 4.90 Å². The maximum Gasteiger partial charge on any atom is 0.245 e. The van der Waals surface area contributed by atoms with Gasteiger partial charge in [0.1, 0.15) is 5.82 Å². The van der Waals surface area contributed by atoms with Gasteiger partial charge < -0.3 is 4.90 Å². The molecule has 1 aliphatic heterocycles. The summed E-state index contributed by atoms with van der Waals surface area (Å²) in [5, 5.41) is 3.95. The summed E-state index contributed by atoms with van der Waals surface area (Å²) in [5.41, 5.74) is 3.20. The third kappa shape index (κ3) is 3.85. The van der Waals surface area contributed by atoms with Crippen LogP contribution in [0.4, 0.5) is 10.1 Å². The van der Waals surface area contributed by atoms with E-state index in [0.29, 0.717) is 0 Å². The van der Waals surface area contributed by atoms with Crippen molar-refractivity contribution in [3.8, 4) is 0 Å². The lowest BCUT2D eigenvalue weighted by Gasteiger charge is -2.16. The molecule has 7 heteroatoms. The summed E-state index contributed by atoms with van der Waals surface area (Å²) >= 11 is 5.88. The van der Waals surface area contributed by atoms with Crippen molar-refractivity contribution >= 4 is 35.3 Å². The first-order valence-electron chi connectivity index (χ1n) is 7.68. The molecule has 25 heavy (non-hydrogen) atoms. The first-order valence-corrected chi connectivity index (χ1v) is 8.06. The number of halogens is 2. The van der Waals surface area contributed by atoms with Crippen molar-refractivity contribution in [2.24, 2.45) is 11.0 Å². The number of anilines is 1. The maximum absolute atomic E-state index is 13.6. The van der Waals surface area contributed by atoms with Crippen LogP contribution in [0.25, 0.3) is 0 Å². The van der Waals surface area contributed by atoms with E-state index in [4.69, 9.17) is 11.6 Å². The van der Waals surface area contributed by atoms with Gasteiger partial charge in [-0.1, -0.05) is 35.9 Å². The highest BCUT2D eigenvalue weighted by Gasteiger charge is 2.35. The standard InChI is InChI=1S/C18H15ClFN3O2/c19-15-7-4-8-16(20)14(15)10-21-22-18(25)12-9-17(24)23(11-12)13-5-2-1-3-6-13/h1-8,10,12H,9,11H2,(H,22,25). The first kappa shape index (κ1) is 17.1. The van der Waals surface area contributed by atoms with Crippen molar-refractivity contribution in [3.05, 3.63) is 64.9 Å². The molecule has 1 N–H and O–H groups in total. The van der Waals surface area contributed by atoms with Crippen molar-refractivity contribution < 1.29 is 14.0 Å². The third-order valence-electron chi connectivity index (χ3n) is 3.93. The van der Waals surface area contributed by atoms with Gasteiger partial charge in [0.05, 0.1) is 17.2 Å². The number of carbonyl (C=O) groups is 2. The predicted molar refractivity (Wildman–Crippen MR) is 94.0 cm³/mol. The lowest BCUT2D eigenvalue weighted by molar-refractivity contribution is -0.126. The molecule has 0 radical (unpaired) electrons. The maximum atomic E-state index is 13.6. The number of carbonyl (C=O) groups excluding carboxylic acids is 2. The Balaban J connectivity index is 1.63. The number of rotatable bonds is 4. The van der Waals surface area contributed by atoms with Gasteiger partial charge in [0.15, 0.2) is 0 Å². The quantitative estimate of drug-likeness (QED) is 0.674. The van der Waals surface area contributed by atoms with E-state index >= 15 is 0 Å². The Labute approximate surface area is 149 Å². The molecule has 1 unspecified atom stereocenters. The van der Waals surface area contributed by atoms with Crippen molar-refractivity contribution in [1.82, 2.24) is 5.43 Å². The molecule has 2 amide bonds. The molecule has 1 aliphatic rings. The third-order valence-corrected chi connectivity index (χ3v) is 4.26. The number of hydrazone groups is 1. The van der Waals surface area contributed by atoms with Gasteiger partial charge in [0.2, 0.25) is 11.8 Å². The largest absolute Gasteiger partial charge is 0.312 e. The monoisotopic (exact) mass is 359 g/mol. The molecule has 2 aromatic carbocycles. The second kappa shape index (κ2) is 7.44. The van der Waals surface area contributed by atoms with Gasteiger partial charge in [-0.05, 0) is 24.3 Å². The van der Waals surface area contributed by atoms with E-state index in [2.05, 4.69) is 10.5 Å². The lowest BCUT2D eigenvalue weighted by Crippen LogP contribution is -2.30. The molecule has 0 bridgehead atoms. The average molecular weight is 360 g/mol. The molecule has 2 aromatic rings. The number of nitrogens with zero attached hydrogens (tertiary/aromatic N) is 2. The minimum atomic E-state index is -0.531. The van der Waals surface area contributed by atoms with E-state index in [0.717, 1.165) is 11.9 Å². The molecule has 1 heterocycles. The predicted octanol–water partition coefficient (Wildman–Crippen LogP) is 2.98. The van der Waals surface area contributed by atoms with Crippen molar-refractivity contribution in [1.29, 1.82) is 0 Å². The molecule has 0 spiro atoms. The second-order valence-corrected chi connectivity index (χ2v) is 6.02. The summed E-state index contributed by atoms with van der Waals surface area (Å²) in [6, 6.07) is 13.4. The van der Waals surface area contributed by atoms with Gasteiger partial charge in [-0.15, -0.1) is 0 Å². The highest BCUT2D eigenvalue weighted by atomic mass is 35.5. The smallest absolute Gasteiger partial charge is 0.245 e. The van der Waals surface area contributed by atoms with Crippen LogP contribution in [0.3, 0.4) is 0 Å². The van der Waals surface area contributed by atoms with E-state index in [1.165, 1.54) is 18.2 Å². The molecular weight excluding hydrogens is 345 g/mol. The summed E-state index contributed by atoms with van der Waals surface area (Å²) < 4.78 is 13.6. The Bertz CT molecular complexity index is 806. The molecule has 1 saturated heterocycles. The van der Waals surface area contributed by atoms with Crippen LogP contribution in [0.1, 0.15) is 12.0 Å². The number of amides is 2. The zero-order valence-corrected chi connectivity index (χ0v) is 13.9. The normalized spacial score (nSPS) is 17.3. The highest BCUT2D eigenvalue weighted by Crippen LogP contribution is 2.24. The summed E-state index contributed by atoms with van der Waals surface area (Å²) in [6.45, 7) is 0.282. The SMILES string of the molecule is O=C(NN=Cc1c(F)cccc1Cl)C1CC(=O)N(c2ccccc2)C1. The van der Waals surface area contributed by atoms with Crippen molar-refractivity contribution in [2.45, 2.75) is 6.42 Å². The summed E-state index contributed by atoms with van der Waals surface area (Å²) in [7, 11) is 0. The Kier molecular flexibility index (Phi) is 5.09. The van der Waals surface area contributed by atoms with Crippen LogP contribution < -0.4 is 10.3 Å². The Morgan fingerprint density at radius 1 is 1.24 bits per heavy atom. The molecule has 1 fully saturated rings. The van der Waals surface area contributed by atoms with E-state index in [-0.39, 0.29) is 29.5 Å². The van der Waals surface area contributed by atoms with Crippen LogP contribution in [-0.2, 0) is 9.59 Å². The van der Waals surface area contributed by atoms with Gasteiger partial charge in [-0.3, -0.25) is 9.59 Å². The van der Waals surface area contributed by atoms with Gasteiger partial charge in [-0.25, -0.2) is 9.82 Å². The average Bonchev–Trinajstić information content (AvgIpc) is 3.00. The summed E-state index contributed by atoms with van der Waals surface area (Å²) in [6.07, 6.45) is 1.26. The topological polar surface area (TPSA) is 61.8 Å². The fraction of sp³-hybridized carbons (Fsp3) is 0.167. The van der Waals surface area contributed by atoms with E-state index in [9.17, 15) is 14.0 Å². The summed E-state index contributed by atoms with van der Waals surface area (Å²) in [5.74, 6) is -1.55. The molecule has 128 valence electrons. The minimum absolute atomic E-state index is 0.0953. The van der Waals surface area contributed by atoms with Crippen LogP contribution in [-0.4, -0.2) is 24.6 Å². The first-order chi connectivity index (χ1) is 12.1. The summed E-state index contributed by atoms with van der Waals surface area (Å²) in [4.78, 5) is 25.9. The van der Waals surface area contributed by atoms with Crippen LogP contribution in [0.2, 0.25) is 5.02 Å². The van der Waals surface area contributed by atoms with Gasteiger partial charge in [0, 0.05) is 24.2 Å². The molecule has 3 rings (SSSR count). The Hall–Kier alpha value is -2.73. The fourth-order valence-corrected chi connectivity index (χ4v) is 2.84. The number of benzene rings is 2. The number of hydrogen-bond acceptors (Lipinski definition) is 3. The van der Waals surface area contributed by atoms with Crippen LogP contribution in [0.15, 0.2) is 53.6 Å². The number of nitrogens with one attached hydrogen (secondary N) is 1. The zero-order valence-electron chi connectivity index (χ0n) is 13.2. The molecule has 0 saturated carbocycles. The molecular formula is C18H15ClFN3O2. The Morgan fingerprint density at radius 3 is 2.72 bits per heavy atom. The van der Waals surface area contributed by atoms with Crippen LogP contribution in [0.5, 0.6) is 0 Å². The zero-order chi connectivity index (χ0) is 17.8. The van der Waals surface area contributed by atoms with E-state index < -0.39 is 17.6 Å². The molecule has 1 atom stereocenters. The second-order valence-electron chi connectivity index (χ2n) is 5.61. The number of hydrogen-bond donors (Lipinski definition) is 1. The lowest BCUT2D eigenvalue weighted by atomic mass is 10.1. The van der Waals surface area contributed by atoms with Gasteiger partial charge in [0.25, 0.3) is 0 Å². The fourth-order valence-electron chi connectivity index (χ4n) is 2.63. The van der Waals surface area contributed by atoms with E-state index in [1.807, 2.05) is 30.3 Å². The molecule has 5 nitrogen and oxygen atoms in total. The van der Waals surface area contributed by atoms with Crippen molar-refractivity contribution in [2.75, 3.05) is 11.4 Å². The molecule has 0 aliphatic carbocycles. The van der Waals surface area contributed by atoms with Crippen LogP contribution in [0, 0.1) is 11.7 Å². The van der Waals surface area contributed by atoms with Crippen molar-refractivity contribution in [3.63, 3.8) is 0 Å². The van der Waals surface area contributed by atoms with Crippen LogP contribution >= 0.6 is 11.6 Å². The van der Waals surface area contributed by atoms with Gasteiger partial charge in [-0.2, -0.15) is 5.10 Å².